The van der Waals surface area contributed by atoms with Crippen LogP contribution in [-0.4, -0.2) is 46.6 Å². The van der Waals surface area contributed by atoms with E-state index in [0.29, 0.717) is 24.5 Å². The van der Waals surface area contributed by atoms with Gasteiger partial charge >= 0.3 is 6.09 Å². The predicted octanol–water partition coefficient (Wildman–Crippen LogP) is 3.62. The molecule has 1 saturated heterocycles. The first-order chi connectivity index (χ1) is 17.9. The predicted molar refractivity (Wildman–Crippen MR) is 134 cm³/mol. The molecule has 3 aliphatic heterocycles. The van der Waals surface area contributed by atoms with Crippen molar-refractivity contribution in [1.82, 2.24) is 20.3 Å². The number of ether oxygens (including phenoxy) is 1. The highest BCUT2D eigenvalue weighted by atomic mass is 35.5. The van der Waals surface area contributed by atoms with Crippen molar-refractivity contribution in [2.24, 2.45) is 0 Å². The minimum atomic E-state index is -1.24. The van der Waals surface area contributed by atoms with Gasteiger partial charge in [-0.25, -0.2) is 19.2 Å². The Labute approximate surface area is 216 Å². The van der Waals surface area contributed by atoms with Gasteiger partial charge in [0, 0.05) is 19.5 Å². The van der Waals surface area contributed by atoms with Crippen LogP contribution in [0.15, 0.2) is 36.7 Å². The summed E-state index contributed by atoms with van der Waals surface area (Å²) in [6.45, 7) is 1.67. The summed E-state index contributed by atoms with van der Waals surface area (Å²) in [4.78, 5) is 40.1. The van der Waals surface area contributed by atoms with E-state index in [-0.39, 0.29) is 29.4 Å². The molecule has 1 aromatic carbocycles. The minimum Gasteiger partial charge on any atom is -0.436 e. The Morgan fingerprint density at radius 1 is 1.24 bits per heavy atom. The summed E-state index contributed by atoms with van der Waals surface area (Å²) in [6, 6.07) is 6.89. The van der Waals surface area contributed by atoms with Crippen LogP contribution in [0.2, 0.25) is 5.02 Å². The molecule has 1 spiro atoms. The Morgan fingerprint density at radius 2 is 2.14 bits per heavy atom. The molecule has 0 radical (unpaired) electrons. The number of aryl methyl sites for hydroxylation is 1. The van der Waals surface area contributed by atoms with Crippen molar-refractivity contribution in [3.8, 4) is 0 Å². The summed E-state index contributed by atoms with van der Waals surface area (Å²) in [5, 5.41) is 8.60. The van der Waals surface area contributed by atoms with Crippen LogP contribution in [0.1, 0.15) is 40.2 Å². The average molecular weight is 524 g/mol. The lowest BCUT2D eigenvalue weighted by atomic mass is 9.89. The molecule has 0 unspecified atom stereocenters. The van der Waals surface area contributed by atoms with Gasteiger partial charge in [-0.05, 0) is 36.6 Å². The number of nitrogens with zero attached hydrogens (tertiary/aromatic N) is 4. The lowest BCUT2D eigenvalue weighted by Gasteiger charge is -2.35. The quantitative estimate of drug-likeness (QED) is 0.474. The Balaban J connectivity index is 1.18. The molecule has 0 aliphatic carbocycles. The second-order valence-corrected chi connectivity index (χ2v) is 9.66. The number of anilines is 3. The fraction of sp³-hybridized carbons (Fsp3) is 0.320. The SMILES string of the molecule is O=C1Nc2ccc(Cl)c(F)c2[C@]2(CCN(c3cncc(C(=O)NCc4ccc5c(n4)NCCC5)n3)C2)O1. The molecule has 2 amide bonds. The number of hydrogen-bond acceptors (Lipinski definition) is 8. The van der Waals surface area contributed by atoms with Crippen molar-refractivity contribution in [3.05, 3.63) is 70.0 Å². The number of carbonyl (C=O) groups excluding carboxylic acids is 2. The average Bonchev–Trinajstić information content (AvgIpc) is 3.32. The highest BCUT2D eigenvalue weighted by Gasteiger charge is 2.50. The number of aromatic nitrogens is 3. The molecule has 190 valence electrons. The normalized spacial score (nSPS) is 19.9. The second-order valence-electron chi connectivity index (χ2n) is 9.25. The fourth-order valence-corrected chi connectivity index (χ4v) is 5.23. The molecule has 3 aromatic rings. The molecule has 6 rings (SSSR count). The Bertz CT molecular complexity index is 1420. The van der Waals surface area contributed by atoms with Crippen LogP contribution in [0.4, 0.5) is 26.5 Å². The molecule has 3 aliphatic rings. The van der Waals surface area contributed by atoms with E-state index in [0.717, 1.165) is 30.9 Å². The highest BCUT2D eigenvalue weighted by Crippen LogP contribution is 2.46. The maximum absolute atomic E-state index is 15.1. The number of hydrogen-bond donors (Lipinski definition) is 3. The van der Waals surface area contributed by atoms with Gasteiger partial charge < -0.3 is 20.3 Å². The Hall–Kier alpha value is -3.99. The molecule has 1 fully saturated rings. The summed E-state index contributed by atoms with van der Waals surface area (Å²) < 4.78 is 20.7. The second kappa shape index (κ2) is 9.15. The molecule has 10 nitrogen and oxygen atoms in total. The number of halogens is 2. The van der Waals surface area contributed by atoms with Gasteiger partial charge in [-0.15, -0.1) is 0 Å². The largest absolute Gasteiger partial charge is 0.436 e. The van der Waals surface area contributed by atoms with Gasteiger partial charge in [0.1, 0.15) is 17.3 Å². The topological polar surface area (TPSA) is 121 Å². The number of benzene rings is 1. The summed E-state index contributed by atoms with van der Waals surface area (Å²) in [6.07, 6.45) is 4.62. The number of carbonyl (C=O) groups is 2. The number of fused-ring (bicyclic) bond motifs is 3. The van der Waals surface area contributed by atoms with Gasteiger partial charge in [-0.1, -0.05) is 17.7 Å². The Kier molecular flexibility index (Phi) is 5.79. The molecule has 2 aromatic heterocycles. The van der Waals surface area contributed by atoms with E-state index in [1.165, 1.54) is 24.0 Å². The first kappa shape index (κ1) is 23.4. The van der Waals surface area contributed by atoms with E-state index >= 15 is 4.39 Å². The van der Waals surface area contributed by atoms with Gasteiger partial charge in [0.2, 0.25) is 0 Å². The number of rotatable bonds is 4. The van der Waals surface area contributed by atoms with Crippen LogP contribution in [0, 0.1) is 5.82 Å². The molecular weight excluding hydrogens is 501 g/mol. The lowest BCUT2D eigenvalue weighted by Crippen LogP contribution is -2.42. The molecule has 1 atom stereocenters. The van der Waals surface area contributed by atoms with E-state index in [1.54, 1.807) is 6.07 Å². The zero-order valence-electron chi connectivity index (χ0n) is 19.7. The number of pyridine rings is 1. The van der Waals surface area contributed by atoms with Gasteiger partial charge in [0.05, 0.1) is 47.5 Å². The third-order valence-corrected chi connectivity index (χ3v) is 7.16. The van der Waals surface area contributed by atoms with Crippen LogP contribution in [0.3, 0.4) is 0 Å². The van der Waals surface area contributed by atoms with E-state index in [2.05, 4.69) is 30.9 Å². The summed E-state index contributed by atoms with van der Waals surface area (Å²) in [7, 11) is 0. The third kappa shape index (κ3) is 4.29. The van der Waals surface area contributed by atoms with Crippen molar-refractivity contribution in [2.75, 3.05) is 35.2 Å². The fourth-order valence-electron chi connectivity index (χ4n) is 5.08. The molecule has 12 heteroatoms. The van der Waals surface area contributed by atoms with Crippen LogP contribution in [0.5, 0.6) is 0 Å². The van der Waals surface area contributed by atoms with Crippen molar-refractivity contribution < 1.29 is 18.7 Å². The summed E-state index contributed by atoms with van der Waals surface area (Å²) >= 11 is 6.03. The van der Waals surface area contributed by atoms with Gasteiger partial charge in [-0.2, -0.15) is 0 Å². The zero-order chi connectivity index (χ0) is 25.6. The van der Waals surface area contributed by atoms with Crippen LogP contribution in [0.25, 0.3) is 0 Å². The maximum Gasteiger partial charge on any atom is 0.412 e. The number of nitrogens with one attached hydrogen (secondary N) is 3. The van der Waals surface area contributed by atoms with Gasteiger partial charge in [0.15, 0.2) is 11.4 Å². The monoisotopic (exact) mass is 523 g/mol. The standard InChI is InChI=1S/C25H23ClFN7O3/c26-16-5-6-17-20(21(16)27)25(37-24(36)33-17)7-9-34(13-25)19-12-28-11-18(32-19)23(35)30-10-15-4-3-14-2-1-8-29-22(14)31-15/h3-6,11-12H,1-2,7-10,13H2,(H,29,31)(H,30,35)(H,33,36)/t25-/m1/s1. The van der Waals surface area contributed by atoms with Crippen molar-refractivity contribution >= 4 is 40.9 Å². The summed E-state index contributed by atoms with van der Waals surface area (Å²) in [5.74, 6) is 0.248. The molecule has 0 bridgehead atoms. The van der Waals surface area contributed by atoms with Crippen molar-refractivity contribution in [1.29, 1.82) is 0 Å². The first-order valence-corrected chi connectivity index (χ1v) is 12.4. The van der Waals surface area contributed by atoms with Crippen molar-refractivity contribution in [3.63, 3.8) is 0 Å². The smallest absolute Gasteiger partial charge is 0.412 e. The molecule has 0 saturated carbocycles. The lowest BCUT2D eigenvalue weighted by molar-refractivity contribution is 0.0263. The minimum absolute atomic E-state index is 0.0565. The highest BCUT2D eigenvalue weighted by molar-refractivity contribution is 6.31. The zero-order valence-corrected chi connectivity index (χ0v) is 20.4. The molecule has 5 heterocycles. The van der Waals surface area contributed by atoms with Crippen LogP contribution in [-0.2, 0) is 23.3 Å². The first-order valence-electron chi connectivity index (χ1n) is 12.0. The van der Waals surface area contributed by atoms with Gasteiger partial charge in [0.25, 0.3) is 5.91 Å². The Morgan fingerprint density at radius 3 is 3.03 bits per heavy atom. The van der Waals surface area contributed by atoms with Crippen molar-refractivity contribution in [2.45, 2.75) is 31.4 Å². The van der Waals surface area contributed by atoms with Gasteiger partial charge in [-0.3, -0.25) is 15.1 Å². The number of amides is 2. The molecule has 37 heavy (non-hydrogen) atoms. The summed E-state index contributed by atoms with van der Waals surface area (Å²) in [5.41, 5.74) is 1.33. The van der Waals surface area contributed by atoms with Crippen LogP contribution < -0.4 is 20.9 Å². The van der Waals surface area contributed by atoms with E-state index in [9.17, 15) is 9.59 Å². The third-order valence-electron chi connectivity index (χ3n) is 6.87. The van der Waals surface area contributed by atoms with Crippen LogP contribution >= 0.6 is 11.6 Å². The van der Waals surface area contributed by atoms with E-state index in [4.69, 9.17) is 16.3 Å². The molecule has 3 N–H and O–H groups in total. The molecular formula is C25H23ClFN7O3. The van der Waals surface area contributed by atoms with E-state index < -0.39 is 23.4 Å². The maximum atomic E-state index is 15.1. The van der Waals surface area contributed by atoms with E-state index in [1.807, 2.05) is 17.0 Å².